The van der Waals surface area contributed by atoms with Gasteiger partial charge in [-0.2, -0.15) is 0 Å². The normalized spacial score (nSPS) is 24.1. The van der Waals surface area contributed by atoms with E-state index in [1.807, 2.05) is 0 Å². The van der Waals surface area contributed by atoms with Crippen LogP contribution in [0.1, 0.15) is 25.7 Å². The number of hydrogen-bond acceptors (Lipinski definition) is 3. The van der Waals surface area contributed by atoms with Gasteiger partial charge in [0.1, 0.15) is 5.76 Å². The molecule has 3 heteroatoms. The summed E-state index contributed by atoms with van der Waals surface area (Å²) in [6, 6.07) is 0. The number of carbonyl (C=O) groups is 1. The molecule has 0 bridgehead atoms. The first-order valence-electron chi connectivity index (χ1n) is 5.19. The van der Waals surface area contributed by atoms with Crippen molar-refractivity contribution in [2.45, 2.75) is 32.0 Å². The molecule has 0 N–H and O–H groups in total. The van der Waals surface area contributed by atoms with Gasteiger partial charge in [-0.1, -0.05) is 12.7 Å². The van der Waals surface area contributed by atoms with E-state index in [0.717, 1.165) is 37.5 Å². The zero-order valence-electron chi connectivity index (χ0n) is 8.57. The summed E-state index contributed by atoms with van der Waals surface area (Å²) in [6.07, 6.45) is 8.69. The van der Waals surface area contributed by atoms with Crippen LogP contribution < -0.4 is 0 Å². The number of hydrogen-bond donors (Lipinski definition) is 0. The zero-order valence-corrected chi connectivity index (χ0v) is 8.57. The van der Waals surface area contributed by atoms with E-state index < -0.39 is 12.3 Å². The predicted octanol–water partition coefficient (Wildman–Crippen LogP) is 2.46. The highest BCUT2D eigenvalue weighted by atomic mass is 16.7. The van der Waals surface area contributed by atoms with E-state index in [2.05, 4.69) is 18.7 Å². The van der Waals surface area contributed by atoms with Gasteiger partial charge in [0, 0.05) is 12.5 Å². The highest BCUT2D eigenvalue weighted by Gasteiger charge is 2.24. The predicted molar refractivity (Wildman–Crippen MR) is 55.8 cm³/mol. The Bertz CT molecular complexity index is 339. The van der Waals surface area contributed by atoms with Crippen molar-refractivity contribution in [3.05, 3.63) is 36.1 Å². The first-order valence-corrected chi connectivity index (χ1v) is 5.19. The molecule has 0 aromatic heterocycles. The van der Waals surface area contributed by atoms with E-state index in [9.17, 15) is 4.79 Å². The summed E-state index contributed by atoms with van der Waals surface area (Å²) in [6.45, 7) is 3.35. The Morgan fingerprint density at radius 3 is 3.13 bits per heavy atom. The standard InChI is InChI=1S/C12H14O3/c1-2-11(13)15-12-8-7-9-5-3-4-6-10(9)14-12/h2,5-6,12H,1,3-4,7-8H2. The van der Waals surface area contributed by atoms with Crippen LogP contribution >= 0.6 is 0 Å². The third-order valence-electron chi connectivity index (χ3n) is 2.53. The Hall–Kier alpha value is -1.51. The van der Waals surface area contributed by atoms with Gasteiger partial charge in [-0.05, 0) is 30.9 Å². The molecule has 0 saturated carbocycles. The lowest BCUT2D eigenvalue weighted by Crippen LogP contribution is -2.25. The van der Waals surface area contributed by atoms with Crippen LogP contribution in [0.15, 0.2) is 36.1 Å². The summed E-state index contributed by atoms with van der Waals surface area (Å²) in [5.41, 5.74) is 1.24. The van der Waals surface area contributed by atoms with E-state index >= 15 is 0 Å². The first kappa shape index (κ1) is 10.0. The molecule has 0 aromatic rings. The largest absolute Gasteiger partial charge is 0.455 e. The molecule has 1 saturated heterocycles. The summed E-state index contributed by atoms with van der Waals surface area (Å²) in [7, 11) is 0. The number of fused-ring (bicyclic) bond motifs is 1. The fourth-order valence-electron chi connectivity index (χ4n) is 1.79. The molecule has 0 radical (unpaired) electrons. The first-order chi connectivity index (χ1) is 7.29. The summed E-state index contributed by atoms with van der Waals surface area (Å²) < 4.78 is 10.6. The maximum Gasteiger partial charge on any atom is 0.333 e. The second-order valence-corrected chi connectivity index (χ2v) is 3.60. The van der Waals surface area contributed by atoms with Crippen molar-refractivity contribution in [2.75, 3.05) is 0 Å². The van der Waals surface area contributed by atoms with Crippen LogP contribution in [0.25, 0.3) is 0 Å². The molecule has 1 aliphatic heterocycles. The lowest BCUT2D eigenvalue weighted by Gasteiger charge is -2.28. The summed E-state index contributed by atoms with van der Waals surface area (Å²) in [5, 5.41) is 0. The van der Waals surface area contributed by atoms with Gasteiger partial charge in [0.25, 0.3) is 0 Å². The Morgan fingerprint density at radius 2 is 2.33 bits per heavy atom. The van der Waals surface area contributed by atoms with Gasteiger partial charge >= 0.3 is 5.97 Å². The Kier molecular flexibility index (Phi) is 2.90. The van der Waals surface area contributed by atoms with Gasteiger partial charge in [-0.3, -0.25) is 0 Å². The number of ether oxygens (including phenoxy) is 2. The van der Waals surface area contributed by atoms with Crippen molar-refractivity contribution in [1.82, 2.24) is 0 Å². The monoisotopic (exact) mass is 206 g/mol. The van der Waals surface area contributed by atoms with Crippen molar-refractivity contribution >= 4 is 5.97 Å². The highest BCUT2D eigenvalue weighted by molar-refractivity contribution is 5.81. The zero-order chi connectivity index (χ0) is 10.7. The molecule has 1 atom stereocenters. The molecule has 1 unspecified atom stereocenters. The van der Waals surface area contributed by atoms with Gasteiger partial charge in [-0.15, -0.1) is 0 Å². The maximum absolute atomic E-state index is 11.0. The Labute approximate surface area is 89.1 Å². The van der Waals surface area contributed by atoms with E-state index in [-0.39, 0.29) is 0 Å². The summed E-state index contributed by atoms with van der Waals surface area (Å²) in [4.78, 5) is 11.0. The second-order valence-electron chi connectivity index (χ2n) is 3.60. The molecule has 1 aliphatic carbocycles. The number of allylic oxidation sites excluding steroid dienone is 3. The van der Waals surface area contributed by atoms with Crippen molar-refractivity contribution in [1.29, 1.82) is 0 Å². The molecule has 80 valence electrons. The average Bonchev–Trinajstić information content (AvgIpc) is 2.29. The maximum atomic E-state index is 11.0. The molecular weight excluding hydrogens is 192 g/mol. The van der Waals surface area contributed by atoms with Crippen LogP contribution in [0.5, 0.6) is 0 Å². The van der Waals surface area contributed by atoms with Crippen molar-refractivity contribution in [3.63, 3.8) is 0 Å². The fourth-order valence-corrected chi connectivity index (χ4v) is 1.79. The van der Waals surface area contributed by atoms with Crippen LogP contribution in [0.2, 0.25) is 0 Å². The van der Waals surface area contributed by atoms with Crippen molar-refractivity contribution < 1.29 is 14.3 Å². The Balaban J connectivity index is 1.97. The molecule has 1 fully saturated rings. The summed E-state index contributed by atoms with van der Waals surface area (Å²) >= 11 is 0. The third kappa shape index (κ3) is 2.29. The third-order valence-corrected chi connectivity index (χ3v) is 2.53. The topological polar surface area (TPSA) is 35.5 Å². The lowest BCUT2D eigenvalue weighted by atomic mass is 9.98. The molecule has 0 amide bonds. The van der Waals surface area contributed by atoms with E-state index in [1.165, 1.54) is 5.57 Å². The van der Waals surface area contributed by atoms with E-state index in [0.29, 0.717) is 0 Å². The highest BCUT2D eigenvalue weighted by Crippen LogP contribution is 2.31. The van der Waals surface area contributed by atoms with Crippen molar-refractivity contribution in [3.8, 4) is 0 Å². The van der Waals surface area contributed by atoms with Gasteiger partial charge < -0.3 is 9.47 Å². The van der Waals surface area contributed by atoms with Crippen molar-refractivity contribution in [2.24, 2.45) is 0 Å². The van der Waals surface area contributed by atoms with Crippen LogP contribution in [0.3, 0.4) is 0 Å². The molecule has 15 heavy (non-hydrogen) atoms. The minimum absolute atomic E-state index is 0.427. The van der Waals surface area contributed by atoms with Crippen LogP contribution in [-0.2, 0) is 14.3 Å². The van der Waals surface area contributed by atoms with Crippen LogP contribution in [0, 0.1) is 0 Å². The minimum Gasteiger partial charge on any atom is -0.455 e. The molecule has 2 aliphatic rings. The lowest BCUT2D eigenvalue weighted by molar-refractivity contribution is -0.168. The number of rotatable bonds is 2. The van der Waals surface area contributed by atoms with E-state index in [4.69, 9.17) is 9.47 Å². The minimum atomic E-state index is -0.447. The van der Waals surface area contributed by atoms with Crippen LogP contribution in [0.4, 0.5) is 0 Å². The fraction of sp³-hybridized carbons (Fsp3) is 0.417. The summed E-state index contributed by atoms with van der Waals surface area (Å²) in [5.74, 6) is 0.457. The van der Waals surface area contributed by atoms with Gasteiger partial charge in [-0.25, -0.2) is 4.79 Å². The van der Waals surface area contributed by atoms with Gasteiger partial charge in [0.05, 0.1) is 0 Å². The van der Waals surface area contributed by atoms with Gasteiger partial charge in [0.15, 0.2) is 0 Å². The Morgan fingerprint density at radius 1 is 1.53 bits per heavy atom. The molecule has 1 heterocycles. The second kappa shape index (κ2) is 4.34. The smallest absolute Gasteiger partial charge is 0.333 e. The molecule has 0 aromatic carbocycles. The SMILES string of the molecule is C=CC(=O)OC1CCC2=CCCC=C2O1. The molecule has 3 nitrogen and oxygen atoms in total. The van der Waals surface area contributed by atoms with Gasteiger partial charge in [0.2, 0.25) is 6.29 Å². The van der Waals surface area contributed by atoms with Crippen LogP contribution in [-0.4, -0.2) is 12.3 Å². The number of esters is 1. The molecule has 2 rings (SSSR count). The molecular formula is C12H14O3. The number of carbonyl (C=O) groups excluding carboxylic acids is 1. The quantitative estimate of drug-likeness (QED) is 0.514. The molecule has 0 spiro atoms. The van der Waals surface area contributed by atoms with E-state index in [1.54, 1.807) is 0 Å². The average molecular weight is 206 g/mol.